The fourth-order valence-electron chi connectivity index (χ4n) is 1.92. The van der Waals surface area contributed by atoms with E-state index in [4.69, 9.17) is 14.5 Å². The van der Waals surface area contributed by atoms with Crippen molar-refractivity contribution in [3.63, 3.8) is 0 Å². The molecule has 0 aliphatic carbocycles. The van der Waals surface area contributed by atoms with E-state index in [9.17, 15) is 9.36 Å². The summed E-state index contributed by atoms with van der Waals surface area (Å²) in [6, 6.07) is 0. The van der Waals surface area contributed by atoms with Crippen molar-refractivity contribution in [1.29, 1.82) is 0 Å². The maximum absolute atomic E-state index is 11.9. The molecule has 0 saturated heterocycles. The van der Waals surface area contributed by atoms with Crippen LogP contribution in [0, 0.1) is 5.41 Å². The number of unbranched alkanes of at least 4 members (excludes halogenated alkanes) is 1. The second-order valence-corrected chi connectivity index (χ2v) is 6.35. The molecule has 108 valence electrons. The Hall–Kier alpha value is -0.380. The number of esters is 1. The molecule has 0 atom stereocenters. The molecule has 0 amide bonds. The topological polar surface area (TPSA) is 83.8 Å². The molecule has 0 aromatic heterocycles. The molecule has 0 saturated carbocycles. The van der Waals surface area contributed by atoms with Gasteiger partial charge in [-0.05, 0) is 32.1 Å². The summed E-state index contributed by atoms with van der Waals surface area (Å²) in [5, 5.41) is 0. The summed E-state index contributed by atoms with van der Waals surface area (Å²) in [6.45, 7) is 6.16. The molecule has 0 aromatic rings. The van der Waals surface area contributed by atoms with Crippen LogP contribution in [-0.2, 0) is 14.1 Å². The zero-order chi connectivity index (χ0) is 14.2. The Morgan fingerprint density at radius 3 is 2.00 bits per heavy atom. The first-order chi connectivity index (χ1) is 8.31. The standard InChI is InChI=1S/C12H25O5P/c1-4-12(5-2,6-3)11(13)17-9-7-8-10-18(14,15)16/h4-10H2,1-3H3,(H2,14,15,16). The van der Waals surface area contributed by atoms with Crippen LogP contribution in [0.15, 0.2) is 0 Å². The van der Waals surface area contributed by atoms with Crippen molar-refractivity contribution in [2.75, 3.05) is 12.8 Å². The Bertz CT molecular complexity index is 285. The van der Waals surface area contributed by atoms with Crippen LogP contribution in [0.5, 0.6) is 0 Å². The van der Waals surface area contributed by atoms with Crippen molar-refractivity contribution in [3.05, 3.63) is 0 Å². The summed E-state index contributed by atoms with van der Waals surface area (Å²) in [5.74, 6) is -0.189. The molecule has 0 radical (unpaired) electrons. The molecule has 0 aliphatic heterocycles. The highest BCUT2D eigenvalue weighted by molar-refractivity contribution is 7.51. The van der Waals surface area contributed by atoms with Gasteiger partial charge in [-0.1, -0.05) is 20.8 Å². The van der Waals surface area contributed by atoms with Gasteiger partial charge in [-0.3, -0.25) is 9.36 Å². The molecule has 0 spiro atoms. The van der Waals surface area contributed by atoms with Crippen molar-refractivity contribution in [3.8, 4) is 0 Å². The van der Waals surface area contributed by atoms with Gasteiger partial charge in [0.2, 0.25) is 0 Å². The molecule has 0 fully saturated rings. The van der Waals surface area contributed by atoms with Crippen molar-refractivity contribution >= 4 is 13.6 Å². The predicted molar refractivity (Wildman–Crippen MR) is 70.4 cm³/mol. The van der Waals surface area contributed by atoms with E-state index in [0.717, 1.165) is 19.3 Å². The van der Waals surface area contributed by atoms with E-state index in [1.54, 1.807) is 0 Å². The van der Waals surface area contributed by atoms with Gasteiger partial charge in [0.25, 0.3) is 0 Å². The molecule has 0 aromatic carbocycles. The Morgan fingerprint density at radius 2 is 1.61 bits per heavy atom. The third-order valence-electron chi connectivity index (χ3n) is 3.54. The van der Waals surface area contributed by atoms with E-state index in [-0.39, 0.29) is 18.7 Å². The Balaban J connectivity index is 4.00. The molecule has 5 nitrogen and oxygen atoms in total. The first kappa shape index (κ1) is 17.6. The van der Waals surface area contributed by atoms with E-state index in [1.807, 2.05) is 20.8 Å². The largest absolute Gasteiger partial charge is 0.465 e. The van der Waals surface area contributed by atoms with Crippen LogP contribution in [0.25, 0.3) is 0 Å². The minimum absolute atomic E-state index is 0.148. The Morgan fingerprint density at radius 1 is 1.11 bits per heavy atom. The first-order valence-electron chi connectivity index (χ1n) is 6.53. The summed E-state index contributed by atoms with van der Waals surface area (Å²) in [7, 11) is -3.92. The highest BCUT2D eigenvalue weighted by Gasteiger charge is 2.34. The van der Waals surface area contributed by atoms with Crippen LogP contribution in [0.4, 0.5) is 0 Å². The van der Waals surface area contributed by atoms with Gasteiger partial charge < -0.3 is 14.5 Å². The van der Waals surface area contributed by atoms with Crippen LogP contribution in [-0.4, -0.2) is 28.5 Å². The molecule has 0 unspecified atom stereocenters. The molecular formula is C12H25O5P. The van der Waals surface area contributed by atoms with E-state index >= 15 is 0 Å². The minimum atomic E-state index is -3.92. The van der Waals surface area contributed by atoms with Crippen LogP contribution >= 0.6 is 7.60 Å². The maximum Gasteiger partial charge on any atom is 0.325 e. The van der Waals surface area contributed by atoms with Crippen molar-refractivity contribution in [2.24, 2.45) is 5.41 Å². The molecule has 0 rings (SSSR count). The highest BCUT2D eigenvalue weighted by Crippen LogP contribution is 2.35. The van der Waals surface area contributed by atoms with Gasteiger partial charge in [0.15, 0.2) is 0 Å². The third-order valence-corrected chi connectivity index (χ3v) is 4.44. The molecule has 18 heavy (non-hydrogen) atoms. The first-order valence-corrected chi connectivity index (χ1v) is 8.33. The van der Waals surface area contributed by atoms with E-state index in [2.05, 4.69) is 0 Å². The molecule has 0 heterocycles. The lowest BCUT2D eigenvalue weighted by molar-refractivity contribution is -0.157. The average Bonchev–Trinajstić information content (AvgIpc) is 2.30. The maximum atomic E-state index is 11.9. The number of hydrogen-bond donors (Lipinski definition) is 2. The molecule has 0 bridgehead atoms. The van der Waals surface area contributed by atoms with Crippen molar-refractivity contribution in [1.82, 2.24) is 0 Å². The molecule has 2 N–H and O–H groups in total. The van der Waals surface area contributed by atoms with Crippen LogP contribution in [0.3, 0.4) is 0 Å². The lowest BCUT2D eigenvalue weighted by Crippen LogP contribution is -2.31. The zero-order valence-electron chi connectivity index (χ0n) is 11.5. The van der Waals surface area contributed by atoms with E-state index in [1.165, 1.54) is 0 Å². The van der Waals surface area contributed by atoms with Gasteiger partial charge in [0.1, 0.15) is 0 Å². The van der Waals surface area contributed by atoms with Crippen molar-refractivity contribution < 1.29 is 23.9 Å². The van der Waals surface area contributed by atoms with Crippen LogP contribution < -0.4 is 0 Å². The molecular weight excluding hydrogens is 255 g/mol. The molecule has 0 aliphatic rings. The fourth-order valence-corrected chi connectivity index (χ4v) is 2.56. The smallest absolute Gasteiger partial charge is 0.325 e. The van der Waals surface area contributed by atoms with E-state index in [0.29, 0.717) is 12.8 Å². The van der Waals surface area contributed by atoms with Crippen LogP contribution in [0.2, 0.25) is 0 Å². The number of ether oxygens (including phenoxy) is 1. The van der Waals surface area contributed by atoms with Crippen molar-refractivity contribution in [2.45, 2.75) is 52.9 Å². The normalized spacial score (nSPS) is 12.5. The van der Waals surface area contributed by atoms with Gasteiger partial charge in [-0.2, -0.15) is 0 Å². The summed E-state index contributed by atoms with van der Waals surface area (Å²) < 4.78 is 15.8. The lowest BCUT2D eigenvalue weighted by Gasteiger charge is -2.27. The number of rotatable bonds is 9. The number of carbonyl (C=O) groups excluding carboxylic acids is 1. The fraction of sp³-hybridized carbons (Fsp3) is 0.917. The highest BCUT2D eigenvalue weighted by atomic mass is 31.2. The monoisotopic (exact) mass is 280 g/mol. The Kier molecular flexibility index (Phi) is 7.76. The number of carbonyl (C=O) groups is 1. The average molecular weight is 280 g/mol. The summed E-state index contributed by atoms with van der Waals surface area (Å²) in [6.07, 6.45) is 2.97. The van der Waals surface area contributed by atoms with Gasteiger partial charge in [-0.25, -0.2) is 0 Å². The summed E-state index contributed by atoms with van der Waals surface area (Å²) >= 11 is 0. The summed E-state index contributed by atoms with van der Waals surface area (Å²) in [5.41, 5.74) is -0.400. The second-order valence-electron chi connectivity index (χ2n) is 4.57. The summed E-state index contributed by atoms with van der Waals surface area (Å²) in [4.78, 5) is 29.3. The molecule has 6 heteroatoms. The van der Waals surface area contributed by atoms with Gasteiger partial charge in [-0.15, -0.1) is 0 Å². The quantitative estimate of drug-likeness (QED) is 0.385. The minimum Gasteiger partial charge on any atom is -0.465 e. The third kappa shape index (κ3) is 5.98. The lowest BCUT2D eigenvalue weighted by atomic mass is 9.80. The zero-order valence-corrected chi connectivity index (χ0v) is 12.4. The Labute approximate surface area is 109 Å². The predicted octanol–water partition coefficient (Wildman–Crippen LogP) is 2.70. The van der Waals surface area contributed by atoms with Crippen LogP contribution in [0.1, 0.15) is 52.9 Å². The number of hydrogen-bond acceptors (Lipinski definition) is 3. The van der Waals surface area contributed by atoms with Gasteiger partial charge in [0.05, 0.1) is 12.0 Å². The SMILES string of the molecule is CCC(CC)(CC)C(=O)OCCCCP(=O)(O)O. The van der Waals surface area contributed by atoms with E-state index < -0.39 is 13.0 Å². The van der Waals surface area contributed by atoms with Gasteiger partial charge >= 0.3 is 13.6 Å². The second kappa shape index (κ2) is 7.93. The van der Waals surface area contributed by atoms with Gasteiger partial charge in [0, 0.05) is 6.16 Å².